The van der Waals surface area contributed by atoms with E-state index in [0.717, 1.165) is 18.5 Å². The molecular formula is C13H15Cl2NO. The zero-order valence-electron chi connectivity index (χ0n) is 9.67. The highest BCUT2D eigenvalue weighted by Crippen LogP contribution is 2.24. The van der Waals surface area contributed by atoms with E-state index in [1.54, 1.807) is 12.1 Å². The first-order valence-corrected chi connectivity index (χ1v) is 6.53. The molecule has 1 heterocycles. The molecule has 92 valence electrons. The van der Waals surface area contributed by atoms with Crippen molar-refractivity contribution in [2.75, 3.05) is 6.54 Å². The van der Waals surface area contributed by atoms with Crippen molar-refractivity contribution in [2.45, 2.75) is 25.8 Å². The summed E-state index contributed by atoms with van der Waals surface area (Å²) in [6, 6.07) is 5.65. The van der Waals surface area contributed by atoms with Gasteiger partial charge in [-0.15, -0.1) is 0 Å². The molecule has 1 aliphatic rings. The van der Waals surface area contributed by atoms with Crippen LogP contribution in [0.5, 0.6) is 0 Å². The smallest absolute Gasteiger partial charge is 0.141 e. The quantitative estimate of drug-likeness (QED) is 0.916. The van der Waals surface area contributed by atoms with E-state index in [4.69, 9.17) is 23.2 Å². The third-order valence-electron chi connectivity index (χ3n) is 3.30. The van der Waals surface area contributed by atoms with E-state index < -0.39 is 0 Å². The summed E-state index contributed by atoms with van der Waals surface area (Å²) in [5, 5.41) is 4.32. The molecule has 2 rings (SSSR count). The first-order valence-electron chi connectivity index (χ1n) is 5.78. The van der Waals surface area contributed by atoms with Crippen molar-refractivity contribution in [2.24, 2.45) is 5.92 Å². The number of ketones is 1. The average Bonchev–Trinajstić information content (AvgIpc) is 2.70. The summed E-state index contributed by atoms with van der Waals surface area (Å²) in [6.07, 6.45) is 1.37. The predicted octanol–water partition coefficient (Wildman–Crippen LogP) is 3.10. The van der Waals surface area contributed by atoms with Crippen molar-refractivity contribution in [1.82, 2.24) is 5.32 Å². The number of carbonyl (C=O) groups is 1. The number of nitrogens with one attached hydrogen (secondary N) is 1. The number of hydrogen-bond acceptors (Lipinski definition) is 2. The monoisotopic (exact) mass is 271 g/mol. The maximum atomic E-state index is 12.1. The fourth-order valence-corrected chi connectivity index (χ4v) is 2.60. The normalized spacial score (nSPS) is 23.9. The van der Waals surface area contributed by atoms with Gasteiger partial charge in [0.1, 0.15) is 5.78 Å². The van der Waals surface area contributed by atoms with Gasteiger partial charge in [-0.1, -0.05) is 29.3 Å². The van der Waals surface area contributed by atoms with Crippen molar-refractivity contribution in [1.29, 1.82) is 0 Å². The van der Waals surface area contributed by atoms with Crippen LogP contribution in [0.25, 0.3) is 0 Å². The number of halogens is 2. The van der Waals surface area contributed by atoms with Gasteiger partial charge in [0, 0.05) is 18.4 Å². The summed E-state index contributed by atoms with van der Waals surface area (Å²) in [7, 11) is 0. The minimum atomic E-state index is 0.129. The van der Waals surface area contributed by atoms with Gasteiger partial charge in [0.25, 0.3) is 0 Å². The largest absolute Gasteiger partial charge is 0.314 e. The third-order valence-corrected chi connectivity index (χ3v) is 4.04. The molecule has 0 radical (unpaired) electrons. The van der Waals surface area contributed by atoms with Gasteiger partial charge in [-0.05, 0) is 37.6 Å². The summed E-state index contributed by atoms with van der Waals surface area (Å²) in [5.41, 5.74) is 0.934. The van der Waals surface area contributed by atoms with Gasteiger partial charge in [-0.3, -0.25) is 4.79 Å². The number of hydrogen-bond donors (Lipinski definition) is 1. The van der Waals surface area contributed by atoms with Crippen LogP contribution in [0.4, 0.5) is 0 Å². The van der Waals surface area contributed by atoms with Crippen molar-refractivity contribution < 1.29 is 4.79 Å². The molecule has 4 heteroatoms. The van der Waals surface area contributed by atoms with Crippen LogP contribution in [0.3, 0.4) is 0 Å². The Morgan fingerprint density at radius 1 is 1.41 bits per heavy atom. The molecule has 2 nitrogen and oxygen atoms in total. The Morgan fingerprint density at radius 2 is 2.18 bits per heavy atom. The highest BCUT2D eigenvalue weighted by Gasteiger charge is 2.28. The molecule has 1 aromatic carbocycles. The highest BCUT2D eigenvalue weighted by atomic mass is 35.5. The molecule has 0 spiro atoms. The Hall–Kier alpha value is -0.570. The molecule has 1 fully saturated rings. The van der Waals surface area contributed by atoms with Gasteiger partial charge >= 0.3 is 0 Å². The molecule has 0 bridgehead atoms. The molecule has 1 aliphatic heterocycles. The lowest BCUT2D eigenvalue weighted by molar-refractivity contribution is -0.122. The summed E-state index contributed by atoms with van der Waals surface area (Å²) in [6.45, 7) is 2.99. The Balaban J connectivity index is 2.05. The van der Waals surface area contributed by atoms with Gasteiger partial charge in [0.2, 0.25) is 0 Å². The van der Waals surface area contributed by atoms with Gasteiger partial charge in [0.15, 0.2) is 0 Å². The highest BCUT2D eigenvalue weighted by molar-refractivity contribution is 6.42. The first-order chi connectivity index (χ1) is 8.08. The van der Waals surface area contributed by atoms with Crippen molar-refractivity contribution in [3.05, 3.63) is 33.8 Å². The van der Waals surface area contributed by atoms with Crippen molar-refractivity contribution in [3.63, 3.8) is 0 Å². The molecule has 2 unspecified atom stereocenters. The van der Waals surface area contributed by atoms with Gasteiger partial charge < -0.3 is 5.32 Å². The maximum absolute atomic E-state index is 12.1. The van der Waals surface area contributed by atoms with E-state index in [2.05, 4.69) is 12.2 Å². The van der Waals surface area contributed by atoms with Crippen LogP contribution < -0.4 is 5.32 Å². The van der Waals surface area contributed by atoms with E-state index in [1.807, 2.05) is 6.07 Å². The topological polar surface area (TPSA) is 29.1 Å². The maximum Gasteiger partial charge on any atom is 0.141 e. The Labute approximate surface area is 111 Å². The lowest BCUT2D eigenvalue weighted by atomic mass is 9.92. The second kappa shape index (κ2) is 5.38. The average molecular weight is 272 g/mol. The van der Waals surface area contributed by atoms with Crippen molar-refractivity contribution >= 4 is 29.0 Å². The van der Waals surface area contributed by atoms with Crippen LogP contribution in [-0.4, -0.2) is 18.4 Å². The summed E-state index contributed by atoms with van der Waals surface area (Å²) < 4.78 is 0. The molecular weight excluding hydrogens is 257 g/mol. The molecule has 17 heavy (non-hydrogen) atoms. The molecule has 0 amide bonds. The second-order valence-corrected chi connectivity index (χ2v) is 5.34. The van der Waals surface area contributed by atoms with E-state index in [1.165, 1.54) is 0 Å². The van der Waals surface area contributed by atoms with Gasteiger partial charge in [-0.25, -0.2) is 0 Å². The lowest BCUT2D eigenvalue weighted by Crippen LogP contribution is -2.29. The standard InChI is InChI=1S/C13H15Cl2NO/c1-8-10(4-5-16-8)13(17)7-9-2-3-11(14)12(15)6-9/h2-3,6,8,10,16H,4-5,7H2,1H3. The number of benzene rings is 1. The Morgan fingerprint density at radius 3 is 2.76 bits per heavy atom. The van der Waals surface area contributed by atoms with Crippen LogP contribution in [0.2, 0.25) is 10.0 Å². The van der Waals surface area contributed by atoms with E-state index in [9.17, 15) is 4.79 Å². The number of Topliss-reactive ketones (excluding diaryl/α,β-unsaturated/α-hetero) is 1. The number of carbonyl (C=O) groups excluding carboxylic acids is 1. The van der Waals surface area contributed by atoms with E-state index in [-0.39, 0.29) is 17.7 Å². The van der Waals surface area contributed by atoms with Crippen LogP contribution in [0, 0.1) is 5.92 Å². The van der Waals surface area contributed by atoms with Crippen LogP contribution in [0.15, 0.2) is 18.2 Å². The second-order valence-electron chi connectivity index (χ2n) is 4.53. The summed E-state index contributed by atoms with van der Waals surface area (Å²) in [5.74, 6) is 0.408. The molecule has 1 saturated heterocycles. The fraction of sp³-hybridized carbons (Fsp3) is 0.462. The van der Waals surface area contributed by atoms with Gasteiger partial charge in [0.05, 0.1) is 10.0 Å². The molecule has 2 atom stereocenters. The molecule has 0 saturated carbocycles. The molecule has 1 aromatic rings. The van der Waals surface area contributed by atoms with Crippen LogP contribution >= 0.6 is 23.2 Å². The fourth-order valence-electron chi connectivity index (χ4n) is 2.28. The van der Waals surface area contributed by atoms with Crippen LogP contribution in [0.1, 0.15) is 18.9 Å². The molecule has 0 aliphatic carbocycles. The third kappa shape index (κ3) is 3.01. The zero-order valence-corrected chi connectivity index (χ0v) is 11.2. The summed E-state index contributed by atoms with van der Waals surface area (Å²) in [4.78, 5) is 12.1. The molecule has 1 N–H and O–H groups in total. The van der Waals surface area contributed by atoms with E-state index >= 15 is 0 Å². The zero-order chi connectivity index (χ0) is 12.4. The lowest BCUT2D eigenvalue weighted by Gasteiger charge is -2.13. The van der Waals surface area contributed by atoms with Gasteiger partial charge in [-0.2, -0.15) is 0 Å². The summed E-state index contributed by atoms with van der Waals surface area (Å²) >= 11 is 11.8. The Kier molecular flexibility index (Phi) is 4.08. The van der Waals surface area contributed by atoms with E-state index in [0.29, 0.717) is 16.5 Å². The molecule has 0 aromatic heterocycles. The minimum Gasteiger partial charge on any atom is -0.314 e. The Bertz CT molecular complexity index is 433. The SMILES string of the molecule is CC1NCCC1C(=O)Cc1ccc(Cl)c(Cl)c1. The number of rotatable bonds is 3. The predicted molar refractivity (Wildman–Crippen MR) is 70.7 cm³/mol. The minimum absolute atomic E-state index is 0.129. The van der Waals surface area contributed by atoms with Crippen molar-refractivity contribution in [3.8, 4) is 0 Å². The van der Waals surface area contributed by atoms with Crippen LogP contribution in [-0.2, 0) is 11.2 Å². The first kappa shape index (κ1) is 12.9.